The average Bonchev–Trinajstić information content (AvgIpc) is 2.07. The topological polar surface area (TPSA) is 0 Å². The zero-order chi connectivity index (χ0) is 9.31. The first-order valence-corrected chi connectivity index (χ1v) is 15.7. The van der Waals surface area contributed by atoms with Gasteiger partial charge in [0.15, 0.2) is 0 Å². The Balaban J connectivity index is 2.28. The Morgan fingerprint density at radius 2 is 1.92 bits per heavy atom. The van der Waals surface area contributed by atoms with Crippen molar-refractivity contribution in [2.24, 2.45) is 0 Å². The molecule has 0 spiro atoms. The van der Waals surface area contributed by atoms with Crippen LogP contribution < -0.4 is 0 Å². The predicted octanol–water partition coefficient (Wildman–Crippen LogP) is 3.40. The number of hydrogen-bond donors (Lipinski definition) is 0. The third kappa shape index (κ3) is 2.06. The Bertz CT molecular complexity index is 289. The first-order chi connectivity index (χ1) is 6.27. The Kier molecular flexibility index (Phi) is 3.54. The van der Waals surface area contributed by atoms with E-state index in [1.165, 1.54) is 11.1 Å². The molecule has 2 radical (unpaired) electrons. The van der Waals surface area contributed by atoms with Crippen molar-refractivity contribution < 1.29 is 0 Å². The summed E-state index contributed by atoms with van der Waals surface area (Å²) < 4.78 is 0.234. The third-order valence-electron chi connectivity index (χ3n) is 2.08. The molecule has 1 aliphatic heterocycles. The van der Waals surface area contributed by atoms with Crippen LogP contribution in [0, 0.1) is 6.92 Å². The fraction of sp³-hybridized carbons (Fsp3) is 0.333. The molecule has 0 N–H and O–H groups in total. The van der Waals surface area contributed by atoms with Crippen molar-refractivity contribution >= 4 is 49.5 Å². The van der Waals surface area contributed by atoms with E-state index < -0.39 is 0 Å². The Hall–Kier alpha value is 1.13. The second kappa shape index (κ2) is 4.33. The van der Waals surface area contributed by atoms with Gasteiger partial charge in [0.1, 0.15) is 0 Å². The predicted molar refractivity (Wildman–Crippen MR) is 64.5 cm³/mol. The van der Waals surface area contributed by atoms with E-state index in [1.807, 2.05) is 0 Å². The van der Waals surface area contributed by atoms with Gasteiger partial charge in [-0.3, -0.25) is 0 Å². The molecule has 1 aliphatic rings. The fourth-order valence-corrected chi connectivity index (χ4v) is 20.0. The molecule has 68 valence electrons. The summed E-state index contributed by atoms with van der Waals surface area (Å²) in [5.41, 5.74) is 2.73. The molecule has 0 amide bonds. The minimum absolute atomic E-state index is 0.234. The summed E-state index contributed by atoms with van der Waals surface area (Å²) in [5.74, 6) is 0.748. The Labute approximate surface area is 101 Å². The maximum absolute atomic E-state index is 6.02. The molecule has 2 rings (SSSR count). The standard InChI is InChI=1S/C9H11ClS2.Pb/c1-7-2-4-8(5-3-7)9(11,12)6-10;/h2-5,11-12H,6H2,1H3;/q;+2/p-2. The van der Waals surface area contributed by atoms with Gasteiger partial charge in [0.2, 0.25) is 0 Å². The van der Waals surface area contributed by atoms with Gasteiger partial charge >= 0.3 is 102 Å². The van der Waals surface area contributed by atoms with E-state index in [0.717, 1.165) is 5.88 Å². The number of hydrogen-bond acceptors (Lipinski definition) is 2. The number of halogens is 1. The van der Waals surface area contributed by atoms with Crippen LogP contribution in [0.2, 0.25) is 0 Å². The first kappa shape index (κ1) is 10.6. The molecule has 0 nitrogen and oxygen atoms in total. The van der Waals surface area contributed by atoms with E-state index in [-0.39, 0.29) is 25.3 Å². The van der Waals surface area contributed by atoms with Gasteiger partial charge in [-0.2, -0.15) is 0 Å². The molecule has 1 fully saturated rings. The summed E-state index contributed by atoms with van der Waals surface area (Å²) in [6.45, 7) is 2.12. The SMILES string of the molecule is Cc1ccc(C2(CCl)[S][Pb][S]2)cc1. The molecule has 0 unspecified atom stereocenters. The van der Waals surface area contributed by atoms with E-state index in [0.29, 0.717) is 0 Å². The van der Waals surface area contributed by atoms with Crippen molar-refractivity contribution in [2.75, 3.05) is 5.88 Å². The van der Waals surface area contributed by atoms with Crippen LogP contribution in [0.1, 0.15) is 11.1 Å². The molecule has 1 aromatic rings. The fourth-order valence-electron chi connectivity index (χ4n) is 1.20. The summed E-state index contributed by atoms with van der Waals surface area (Å²) in [7, 11) is 4.27. The molecular formula is C9H9ClPbS2. The number of alkyl halides is 1. The van der Waals surface area contributed by atoms with Crippen molar-refractivity contribution in [2.45, 2.75) is 11.0 Å². The molecule has 1 saturated heterocycles. The second-order valence-electron chi connectivity index (χ2n) is 3.04. The van der Waals surface area contributed by atoms with Gasteiger partial charge in [0.05, 0.1) is 0 Å². The van der Waals surface area contributed by atoms with Gasteiger partial charge in [-0.1, -0.05) is 0 Å². The normalized spacial score (nSPS) is 19.5. The zero-order valence-corrected chi connectivity index (χ0v) is 13.5. The van der Waals surface area contributed by atoms with Gasteiger partial charge in [0, 0.05) is 0 Å². The van der Waals surface area contributed by atoms with Crippen LogP contribution in [-0.4, -0.2) is 27.1 Å². The molecule has 0 aromatic heterocycles. The molecule has 0 atom stereocenters. The van der Waals surface area contributed by atoms with Gasteiger partial charge in [-0.05, 0) is 0 Å². The van der Waals surface area contributed by atoms with Crippen LogP contribution in [0.4, 0.5) is 0 Å². The van der Waals surface area contributed by atoms with Crippen LogP contribution in [0.3, 0.4) is 0 Å². The molecule has 0 saturated carbocycles. The Morgan fingerprint density at radius 1 is 1.31 bits per heavy atom. The van der Waals surface area contributed by atoms with Crippen molar-refractivity contribution in [1.82, 2.24) is 0 Å². The molecule has 0 aliphatic carbocycles. The van der Waals surface area contributed by atoms with E-state index >= 15 is 0 Å². The van der Waals surface area contributed by atoms with Gasteiger partial charge in [-0.25, -0.2) is 0 Å². The average molecular weight is 424 g/mol. The van der Waals surface area contributed by atoms with Crippen LogP contribution >= 0.6 is 28.2 Å². The molecule has 13 heavy (non-hydrogen) atoms. The number of benzene rings is 1. The van der Waals surface area contributed by atoms with Crippen LogP contribution in [0.15, 0.2) is 24.3 Å². The molecule has 4 heteroatoms. The first-order valence-electron chi connectivity index (χ1n) is 4.01. The summed E-state index contributed by atoms with van der Waals surface area (Å²) in [6.07, 6.45) is 0. The molecule has 0 bridgehead atoms. The number of aryl methyl sites for hydroxylation is 1. The van der Waals surface area contributed by atoms with Gasteiger partial charge < -0.3 is 0 Å². The van der Waals surface area contributed by atoms with Crippen LogP contribution in [0.5, 0.6) is 0 Å². The van der Waals surface area contributed by atoms with Crippen LogP contribution in [-0.2, 0) is 4.08 Å². The van der Waals surface area contributed by atoms with Gasteiger partial charge in [0.25, 0.3) is 0 Å². The molecular weight excluding hydrogens is 415 g/mol. The quantitative estimate of drug-likeness (QED) is 0.528. The van der Waals surface area contributed by atoms with Crippen LogP contribution in [0.25, 0.3) is 0 Å². The van der Waals surface area contributed by atoms with E-state index in [2.05, 4.69) is 47.8 Å². The Morgan fingerprint density at radius 3 is 2.31 bits per heavy atom. The summed E-state index contributed by atoms with van der Waals surface area (Å²) in [4.78, 5) is 0. The summed E-state index contributed by atoms with van der Waals surface area (Å²) in [6, 6.07) is 8.80. The van der Waals surface area contributed by atoms with E-state index in [1.54, 1.807) is 0 Å². The van der Waals surface area contributed by atoms with Crippen molar-refractivity contribution in [3.8, 4) is 0 Å². The van der Waals surface area contributed by atoms with E-state index in [9.17, 15) is 0 Å². The number of rotatable bonds is 2. The van der Waals surface area contributed by atoms with Gasteiger partial charge in [-0.15, -0.1) is 0 Å². The van der Waals surface area contributed by atoms with Crippen molar-refractivity contribution in [1.29, 1.82) is 0 Å². The molecule has 1 aromatic carbocycles. The zero-order valence-electron chi connectivity index (χ0n) is 7.21. The third-order valence-corrected chi connectivity index (χ3v) is 22.8. The maximum atomic E-state index is 6.02. The second-order valence-corrected chi connectivity index (χ2v) is 16.6. The van der Waals surface area contributed by atoms with Crippen molar-refractivity contribution in [3.63, 3.8) is 0 Å². The summed E-state index contributed by atoms with van der Waals surface area (Å²) >= 11 is 5.68. The molecule has 1 heterocycles. The summed E-state index contributed by atoms with van der Waals surface area (Å²) in [5, 5.41) is 0. The monoisotopic (exact) mass is 424 g/mol. The minimum atomic E-state index is -0.348. The van der Waals surface area contributed by atoms with Crippen molar-refractivity contribution in [3.05, 3.63) is 35.4 Å². The van der Waals surface area contributed by atoms with E-state index in [4.69, 9.17) is 11.6 Å².